The van der Waals surface area contributed by atoms with Crippen molar-refractivity contribution in [2.75, 3.05) is 6.54 Å². The molecule has 3 nitrogen and oxygen atoms in total. The number of hydrogen-bond donors (Lipinski definition) is 3. The largest absolute Gasteiger partial charge is 0.403 e. The van der Waals surface area contributed by atoms with E-state index in [1.165, 1.54) is 6.20 Å². The van der Waals surface area contributed by atoms with Crippen LogP contribution in [-0.2, 0) is 0 Å². The summed E-state index contributed by atoms with van der Waals surface area (Å²) in [5, 5.41) is 0. The van der Waals surface area contributed by atoms with E-state index >= 15 is 0 Å². The Morgan fingerprint density at radius 2 is 2.17 bits per heavy atom. The van der Waals surface area contributed by atoms with Crippen molar-refractivity contribution in [3.8, 4) is 0 Å². The molecule has 0 rings (SSSR count). The third kappa shape index (κ3) is 1.60. The van der Waals surface area contributed by atoms with Gasteiger partial charge in [0.1, 0.15) is 0 Å². The quantitative estimate of drug-likeness (QED) is 0.372. The molecule has 0 unspecified atom stereocenters. The number of hydrogen-bond acceptors (Lipinski definition) is 3. The Morgan fingerprint density at radius 3 is 2.17 bits per heavy atom. The van der Waals surface area contributed by atoms with Gasteiger partial charge in [0.2, 0.25) is 0 Å². The Hall–Kier alpha value is -0.700. The van der Waals surface area contributed by atoms with Crippen LogP contribution in [0.3, 0.4) is 0 Å². The van der Waals surface area contributed by atoms with Crippen LogP contribution in [0.2, 0.25) is 0 Å². The van der Waals surface area contributed by atoms with Gasteiger partial charge in [0.15, 0.2) is 0 Å². The Morgan fingerprint density at radius 1 is 1.67 bits per heavy atom. The highest BCUT2D eigenvalue weighted by atomic mass is 14.7. The molecular formula is C3H9N3. The van der Waals surface area contributed by atoms with Crippen molar-refractivity contribution in [2.24, 2.45) is 17.2 Å². The third-order valence-electron chi connectivity index (χ3n) is 0.450. The van der Waals surface area contributed by atoms with E-state index in [0.717, 1.165) is 0 Å². The monoisotopic (exact) mass is 87.1 g/mol. The van der Waals surface area contributed by atoms with Gasteiger partial charge in [0.25, 0.3) is 0 Å². The van der Waals surface area contributed by atoms with Gasteiger partial charge >= 0.3 is 0 Å². The molecule has 0 aliphatic rings. The lowest BCUT2D eigenvalue weighted by Crippen LogP contribution is -2.12. The van der Waals surface area contributed by atoms with Crippen LogP contribution < -0.4 is 17.2 Å². The van der Waals surface area contributed by atoms with Gasteiger partial charge in [-0.3, -0.25) is 0 Å². The third-order valence-corrected chi connectivity index (χ3v) is 0.450. The van der Waals surface area contributed by atoms with Crippen LogP contribution in [-0.4, -0.2) is 6.54 Å². The standard InChI is InChI=1S/C3H9N3/c4-1-3(6)2-5/h1H,2,4-6H2. The molecule has 0 saturated carbocycles. The second-order valence-corrected chi connectivity index (χ2v) is 0.946. The molecule has 0 amide bonds. The van der Waals surface area contributed by atoms with E-state index in [-0.39, 0.29) is 0 Å². The van der Waals surface area contributed by atoms with Crippen LogP contribution in [0.4, 0.5) is 0 Å². The molecule has 0 fully saturated rings. The molecule has 0 aromatic carbocycles. The van der Waals surface area contributed by atoms with Crippen LogP contribution in [0.1, 0.15) is 0 Å². The SMILES string of the molecule is NC=C(N)CN. The summed E-state index contributed by atoms with van der Waals surface area (Å²) in [6.07, 6.45) is 1.29. The van der Waals surface area contributed by atoms with Gasteiger partial charge in [-0.2, -0.15) is 0 Å². The minimum absolute atomic E-state index is 0.344. The van der Waals surface area contributed by atoms with Crippen molar-refractivity contribution in [3.05, 3.63) is 11.9 Å². The molecule has 0 aliphatic carbocycles. The van der Waals surface area contributed by atoms with Crippen molar-refractivity contribution in [1.29, 1.82) is 0 Å². The summed E-state index contributed by atoms with van der Waals surface area (Å²) in [5.74, 6) is 0. The van der Waals surface area contributed by atoms with E-state index in [4.69, 9.17) is 17.2 Å². The minimum atomic E-state index is 0.344. The van der Waals surface area contributed by atoms with E-state index in [9.17, 15) is 0 Å². The van der Waals surface area contributed by atoms with Crippen molar-refractivity contribution >= 4 is 0 Å². The Balaban J connectivity index is 3.22. The lowest BCUT2D eigenvalue weighted by molar-refractivity contribution is 1.09. The number of nitrogens with two attached hydrogens (primary N) is 3. The zero-order valence-corrected chi connectivity index (χ0v) is 3.52. The van der Waals surface area contributed by atoms with Crippen molar-refractivity contribution in [3.63, 3.8) is 0 Å². The van der Waals surface area contributed by atoms with Gasteiger partial charge in [-0.15, -0.1) is 0 Å². The molecule has 0 radical (unpaired) electrons. The maximum atomic E-state index is 5.08. The lowest BCUT2D eigenvalue weighted by Gasteiger charge is -1.86. The molecule has 0 spiro atoms. The van der Waals surface area contributed by atoms with Crippen LogP contribution in [0.25, 0.3) is 0 Å². The van der Waals surface area contributed by atoms with Crippen molar-refractivity contribution in [1.82, 2.24) is 0 Å². The van der Waals surface area contributed by atoms with E-state index in [2.05, 4.69) is 0 Å². The Bertz CT molecular complexity index is 57.1. The second kappa shape index (κ2) is 2.53. The normalized spacial score (nSPS) is 11.8. The predicted molar refractivity (Wildman–Crippen MR) is 25.5 cm³/mol. The molecule has 3 heteroatoms. The maximum Gasteiger partial charge on any atom is 0.0376 e. The highest BCUT2D eigenvalue weighted by Gasteiger charge is 1.73. The van der Waals surface area contributed by atoms with Gasteiger partial charge < -0.3 is 17.2 Å². The minimum Gasteiger partial charge on any atom is -0.403 e. The van der Waals surface area contributed by atoms with Crippen molar-refractivity contribution in [2.45, 2.75) is 0 Å². The van der Waals surface area contributed by atoms with Crippen LogP contribution in [0.5, 0.6) is 0 Å². The second-order valence-electron chi connectivity index (χ2n) is 0.946. The maximum absolute atomic E-state index is 5.08. The van der Waals surface area contributed by atoms with Gasteiger partial charge in [-0.05, 0) is 0 Å². The zero-order chi connectivity index (χ0) is 4.99. The fourth-order valence-corrected chi connectivity index (χ4v) is 0.0680. The summed E-state index contributed by atoms with van der Waals surface area (Å²) in [7, 11) is 0. The topological polar surface area (TPSA) is 78.1 Å². The first-order valence-corrected chi connectivity index (χ1v) is 1.67. The van der Waals surface area contributed by atoms with Crippen LogP contribution in [0, 0.1) is 0 Å². The summed E-state index contributed by atoms with van der Waals surface area (Å²) in [6.45, 7) is 0.344. The molecule has 0 aromatic heterocycles. The fourth-order valence-electron chi connectivity index (χ4n) is 0.0680. The molecule has 6 N–H and O–H groups in total. The molecule has 6 heavy (non-hydrogen) atoms. The molecule has 0 aliphatic heterocycles. The van der Waals surface area contributed by atoms with E-state index in [0.29, 0.717) is 12.2 Å². The molecule has 0 saturated heterocycles. The molecular weight excluding hydrogens is 78.1 g/mol. The van der Waals surface area contributed by atoms with Gasteiger partial charge in [-0.1, -0.05) is 0 Å². The molecule has 0 aromatic rings. The molecule has 0 bridgehead atoms. The van der Waals surface area contributed by atoms with Crippen molar-refractivity contribution < 1.29 is 0 Å². The van der Waals surface area contributed by atoms with Gasteiger partial charge in [0.05, 0.1) is 0 Å². The van der Waals surface area contributed by atoms with Crippen LogP contribution in [0.15, 0.2) is 11.9 Å². The van der Waals surface area contributed by atoms with E-state index < -0.39 is 0 Å². The zero-order valence-electron chi connectivity index (χ0n) is 3.52. The first kappa shape index (κ1) is 5.30. The molecule has 36 valence electrons. The first-order chi connectivity index (χ1) is 2.81. The Labute approximate surface area is 36.8 Å². The highest BCUT2D eigenvalue weighted by Crippen LogP contribution is 1.65. The van der Waals surface area contributed by atoms with E-state index in [1.807, 2.05) is 0 Å². The fraction of sp³-hybridized carbons (Fsp3) is 0.333. The summed E-state index contributed by atoms with van der Waals surface area (Å²) in [6, 6.07) is 0. The van der Waals surface area contributed by atoms with E-state index in [1.54, 1.807) is 0 Å². The molecule has 0 atom stereocenters. The average Bonchev–Trinajstić information content (AvgIpc) is 1.65. The Kier molecular flexibility index (Phi) is 2.24. The molecule has 0 heterocycles. The number of rotatable bonds is 1. The first-order valence-electron chi connectivity index (χ1n) is 1.67. The summed E-state index contributed by atoms with van der Waals surface area (Å²) in [4.78, 5) is 0. The summed E-state index contributed by atoms with van der Waals surface area (Å²) >= 11 is 0. The average molecular weight is 87.1 g/mol. The summed E-state index contributed by atoms with van der Waals surface area (Å²) in [5.41, 5.74) is 15.5. The lowest BCUT2D eigenvalue weighted by atomic mass is 10.5. The summed E-state index contributed by atoms with van der Waals surface area (Å²) < 4.78 is 0. The highest BCUT2D eigenvalue weighted by molar-refractivity contribution is 4.93. The van der Waals surface area contributed by atoms with Crippen LogP contribution >= 0.6 is 0 Å². The van der Waals surface area contributed by atoms with Gasteiger partial charge in [0, 0.05) is 18.4 Å². The smallest absolute Gasteiger partial charge is 0.0376 e. The van der Waals surface area contributed by atoms with Gasteiger partial charge in [-0.25, -0.2) is 0 Å². The predicted octanol–water partition coefficient (Wildman–Crippen LogP) is -1.30.